The molecule has 0 aromatic heterocycles. The van der Waals surface area contributed by atoms with Crippen molar-refractivity contribution < 1.29 is 18.8 Å². The van der Waals surface area contributed by atoms with Crippen LogP contribution in [0.4, 0.5) is 9.18 Å². The topological polar surface area (TPSA) is 78.5 Å². The van der Waals surface area contributed by atoms with Crippen LogP contribution in [0.15, 0.2) is 24.3 Å². The molecular formula is C18H20FN3O3. The monoisotopic (exact) mass is 345 g/mol. The summed E-state index contributed by atoms with van der Waals surface area (Å²) in [6, 6.07) is 4.78. The van der Waals surface area contributed by atoms with E-state index in [0.29, 0.717) is 18.4 Å². The van der Waals surface area contributed by atoms with E-state index in [-0.39, 0.29) is 6.54 Å². The highest BCUT2D eigenvalue weighted by molar-refractivity contribution is 6.09. The van der Waals surface area contributed by atoms with Crippen LogP contribution in [0, 0.1) is 18.2 Å². The Hall–Kier alpha value is -2.88. The number of terminal acetylenes is 1. The highest BCUT2D eigenvalue weighted by Gasteiger charge is 2.52. The summed E-state index contributed by atoms with van der Waals surface area (Å²) in [5, 5.41) is 5.11. The Morgan fingerprint density at radius 3 is 2.64 bits per heavy atom. The number of unbranched alkanes of at least 4 members (excludes halogenated alkanes) is 1. The molecule has 0 aliphatic carbocycles. The largest absolute Gasteiger partial charge is 0.344 e. The summed E-state index contributed by atoms with van der Waals surface area (Å²) >= 11 is 0. The van der Waals surface area contributed by atoms with Crippen LogP contribution < -0.4 is 10.6 Å². The van der Waals surface area contributed by atoms with Crippen molar-refractivity contribution in [2.24, 2.45) is 0 Å². The van der Waals surface area contributed by atoms with Crippen LogP contribution in [0.1, 0.15) is 31.7 Å². The van der Waals surface area contributed by atoms with Crippen LogP contribution in [0.5, 0.6) is 0 Å². The van der Waals surface area contributed by atoms with Crippen LogP contribution in [-0.2, 0) is 15.1 Å². The first-order valence-corrected chi connectivity index (χ1v) is 8.05. The maximum atomic E-state index is 13.2. The molecule has 0 radical (unpaired) electrons. The average molecular weight is 345 g/mol. The van der Waals surface area contributed by atoms with Crippen LogP contribution in [0.3, 0.4) is 0 Å². The Balaban J connectivity index is 2.30. The minimum Gasteiger partial charge on any atom is -0.344 e. The lowest BCUT2D eigenvalue weighted by Crippen LogP contribution is -2.45. The van der Waals surface area contributed by atoms with Crippen molar-refractivity contribution in [2.45, 2.75) is 31.7 Å². The van der Waals surface area contributed by atoms with E-state index in [2.05, 4.69) is 16.6 Å². The van der Waals surface area contributed by atoms with E-state index in [9.17, 15) is 18.8 Å². The van der Waals surface area contributed by atoms with E-state index in [4.69, 9.17) is 6.42 Å². The molecule has 132 valence electrons. The molecular weight excluding hydrogens is 325 g/mol. The number of benzene rings is 1. The molecule has 0 spiro atoms. The van der Waals surface area contributed by atoms with Gasteiger partial charge in [-0.15, -0.1) is 6.42 Å². The fourth-order valence-corrected chi connectivity index (χ4v) is 2.80. The molecule has 1 aromatic rings. The number of rotatable bonds is 7. The first-order valence-electron chi connectivity index (χ1n) is 8.05. The average Bonchev–Trinajstić information content (AvgIpc) is 2.84. The van der Waals surface area contributed by atoms with Gasteiger partial charge in [0.05, 0.1) is 6.54 Å². The minimum atomic E-state index is -1.28. The zero-order chi connectivity index (χ0) is 18.4. The first-order chi connectivity index (χ1) is 11.9. The van der Waals surface area contributed by atoms with Crippen LogP contribution >= 0.6 is 0 Å². The Bertz CT molecular complexity index is 711. The number of imide groups is 1. The van der Waals surface area contributed by atoms with Gasteiger partial charge in [0.1, 0.15) is 17.9 Å². The van der Waals surface area contributed by atoms with Crippen molar-refractivity contribution in [1.82, 2.24) is 15.5 Å². The molecule has 1 unspecified atom stereocenters. The zero-order valence-corrected chi connectivity index (χ0v) is 14.0. The van der Waals surface area contributed by atoms with Gasteiger partial charge in [-0.25, -0.2) is 9.18 Å². The summed E-state index contributed by atoms with van der Waals surface area (Å²) < 4.78 is 13.2. The van der Waals surface area contributed by atoms with E-state index >= 15 is 0 Å². The van der Waals surface area contributed by atoms with Gasteiger partial charge in [0.15, 0.2) is 0 Å². The molecule has 25 heavy (non-hydrogen) atoms. The predicted molar refractivity (Wildman–Crippen MR) is 89.7 cm³/mol. The maximum absolute atomic E-state index is 13.2. The molecule has 0 bridgehead atoms. The second-order valence-corrected chi connectivity index (χ2v) is 5.82. The van der Waals surface area contributed by atoms with E-state index in [0.717, 1.165) is 11.3 Å². The number of hydrogen-bond donors (Lipinski definition) is 2. The number of halogens is 1. The fraction of sp³-hybridized carbons (Fsp3) is 0.389. The maximum Gasteiger partial charge on any atom is 0.325 e. The second kappa shape index (κ2) is 7.79. The van der Waals surface area contributed by atoms with Gasteiger partial charge in [0, 0.05) is 0 Å². The number of carbonyl (C=O) groups excluding carboxylic acids is 3. The summed E-state index contributed by atoms with van der Waals surface area (Å²) in [6.07, 6.45) is 6.93. The number of hydrogen-bond acceptors (Lipinski definition) is 3. The minimum absolute atomic E-state index is 0.0153. The van der Waals surface area contributed by atoms with Gasteiger partial charge in [-0.05, 0) is 24.1 Å². The summed E-state index contributed by atoms with van der Waals surface area (Å²) in [7, 11) is 0. The van der Waals surface area contributed by atoms with Crippen LogP contribution in [0.25, 0.3) is 0 Å². The Kier molecular flexibility index (Phi) is 5.75. The summed E-state index contributed by atoms with van der Waals surface area (Å²) in [5.74, 6) is 0.775. The number of amides is 4. The SMILES string of the molecule is C#CCNC(=O)CN1C(=O)NC(CCCC)(c2ccc(F)cc2)C1=O. The molecule has 1 heterocycles. The van der Waals surface area contributed by atoms with Crippen molar-refractivity contribution in [2.75, 3.05) is 13.1 Å². The second-order valence-electron chi connectivity index (χ2n) is 5.82. The van der Waals surface area contributed by atoms with E-state index < -0.39 is 35.7 Å². The van der Waals surface area contributed by atoms with Crippen molar-refractivity contribution >= 4 is 17.8 Å². The Morgan fingerprint density at radius 1 is 1.36 bits per heavy atom. The Morgan fingerprint density at radius 2 is 2.04 bits per heavy atom. The first kappa shape index (κ1) is 18.5. The van der Waals surface area contributed by atoms with Gasteiger partial charge in [-0.3, -0.25) is 14.5 Å². The van der Waals surface area contributed by atoms with Gasteiger partial charge in [0.2, 0.25) is 5.91 Å². The lowest BCUT2D eigenvalue weighted by atomic mass is 9.85. The molecule has 7 heteroatoms. The molecule has 2 rings (SSSR count). The third kappa shape index (κ3) is 3.79. The van der Waals surface area contributed by atoms with Crippen molar-refractivity contribution in [3.05, 3.63) is 35.6 Å². The van der Waals surface area contributed by atoms with Gasteiger partial charge in [0.25, 0.3) is 5.91 Å². The van der Waals surface area contributed by atoms with Crippen molar-refractivity contribution in [3.8, 4) is 12.3 Å². The normalized spacial score (nSPS) is 19.5. The molecule has 0 saturated carbocycles. The molecule has 6 nitrogen and oxygen atoms in total. The zero-order valence-electron chi connectivity index (χ0n) is 14.0. The van der Waals surface area contributed by atoms with E-state index in [1.54, 1.807) is 0 Å². The smallest absolute Gasteiger partial charge is 0.325 e. The van der Waals surface area contributed by atoms with Crippen LogP contribution in [0.2, 0.25) is 0 Å². The molecule has 1 saturated heterocycles. The fourth-order valence-electron chi connectivity index (χ4n) is 2.80. The van der Waals surface area contributed by atoms with Gasteiger partial charge in [-0.1, -0.05) is 37.8 Å². The van der Waals surface area contributed by atoms with Crippen molar-refractivity contribution in [3.63, 3.8) is 0 Å². The number of nitrogens with zero attached hydrogens (tertiary/aromatic N) is 1. The van der Waals surface area contributed by atoms with Crippen LogP contribution in [-0.4, -0.2) is 35.8 Å². The molecule has 1 aliphatic heterocycles. The van der Waals surface area contributed by atoms with E-state index in [1.807, 2.05) is 6.92 Å². The van der Waals surface area contributed by atoms with Crippen molar-refractivity contribution in [1.29, 1.82) is 0 Å². The summed E-state index contributed by atoms with van der Waals surface area (Å²) in [4.78, 5) is 38.0. The molecule has 1 atom stereocenters. The quantitative estimate of drug-likeness (QED) is 0.581. The lowest BCUT2D eigenvalue weighted by Gasteiger charge is -2.27. The lowest BCUT2D eigenvalue weighted by molar-refractivity contribution is -0.135. The number of nitrogens with one attached hydrogen (secondary N) is 2. The third-order valence-electron chi connectivity index (χ3n) is 4.11. The molecule has 1 aromatic carbocycles. The molecule has 4 amide bonds. The van der Waals surface area contributed by atoms with Gasteiger partial charge in [-0.2, -0.15) is 0 Å². The van der Waals surface area contributed by atoms with Gasteiger partial charge < -0.3 is 10.6 Å². The highest BCUT2D eigenvalue weighted by Crippen LogP contribution is 2.34. The molecule has 1 fully saturated rings. The predicted octanol–water partition coefficient (Wildman–Crippen LogP) is 1.51. The highest BCUT2D eigenvalue weighted by atomic mass is 19.1. The van der Waals surface area contributed by atoms with Gasteiger partial charge >= 0.3 is 6.03 Å². The summed E-state index contributed by atoms with van der Waals surface area (Å²) in [5.41, 5.74) is -0.792. The number of urea groups is 1. The number of carbonyl (C=O) groups is 3. The third-order valence-corrected chi connectivity index (χ3v) is 4.11. The molecule has 1 aliphatic rings. The standard InChI is InChI=1S/C18H20FN3O3/c1-3-5-10-18(13-6-8-14(19)9-7-13)16(24)22(17(25)21-18)12-15(23)20-11-4-2/h2,6-9H,3,5,10-12H2,1H3,(H,20,23)(H,21,25). The summed E-state index contributed by atoms with van der Waals surface area (Å²) in [6.45, 7) is 1.56. The van der Waals surface area contributed by atoms with E-state index in [1.165, 1.54) is 24.3 Å². The Labute approximate surface area is 145 Å². The molecule has 2 N–H and O–H groups in total.